The van der Waals surface area contributed by atoms with Crippen LogP contribution in [0.4, 0.5) is 0 Å². The smallest absolute Gasteiger partial charge is 0.232 e. The first-order valence-electron chi connectivity index (χ1n) is 3.63. The van der Waals surface area contributed by atoms with Crippen molar-refractivity contribution in [3.63, 3.8) is 0 Å². The molecule has 5 nitrogen and oxygen atoms in total. The number of hydrogen-bond acceptors (Lipinski definition) is 3. The van der Waals surface area contributed by atoms with Gasteiger partial charge in [0.15, 0.2) is 9.47 Å². The lowest BCUT2D eigenvalue weighted by Crippen LogP contribution is -2.01. The molecule has 0 aromatic carbocycles. The number of ketones is 1. The summed E-state index contributed by atoms with van der Waals surface area (Å²) in [7, 11) is 0. The van der Waals surface area contributed by atoms with Gasteiger partial charge in [-0.05, 0) is 31.9 Å². The minimum absolute atomic E-state index is 0.228. The van der Waals surface area contributed by atoms with Gasteiger partial charge < -0.3 is 9.97 Å². The highest BCUT2D eigenvalue weighted by atomic mass is 79.9. The van der Waals surface area contributed by atoms with E-state index in [9.17, 15) is 4.79 Å². The molecule has 0 bridgehead atoms. The molecule has 0 saturated carbocycles. The molecule has 2 rings (SSSR count). The highest BCUT2D eigenvalue weighted by Gasteiger charge is 2.14. The van der Waals surface area contributed by atoms with E-state index >= 15 is 0 Å². The van der Waals surface area contributed by atoms with Gasteiger partial charge in [-0.15, -0.1) is 0 Å². The molecule has 72 valence electrons. The van der Waals surface area contributed by atoms with Crippen molar-refractivity contribution in [2.45, 2.75) is 0 Å². The number of carbonyl (C=O) groups is 1. The van der Waals surface area contributed by atoms with Crippen molar-refractivity contribution in [3.8, 4) is 0 Å². The van der Waals surface area contributed by atoms with Crippen LogP contribution in [0.25, 0.3) is 0 Å². The van der Waals surface area contributed by atoms with E-state index in [-0.39, 0.29) is 5.78 Å². The molecule has 2 N–H and O–H groups in total. The minimum Gasteiger partial charge on any atom is -0.338 e. The van der Waals surface area contributed by atoms with Crippen molar-refractivity contribution >= 4 is 37.6 Å². The number of halogens is 2. The Morgan fingerprint density at radius 3 is 1.79 bits per heavy atom. The summed E-state index contributed by atoms with van der Waals surface area (Å²) in [5.41, 5.74) is 0.659. The fourth-order valence-corrected chi connectivity index (χ4v) is 1.57. The number of aromatic amines is 2. The van der Waals surface area contributed by atoms with E-state index < -0.39 is 0 Å². The monoisotopic (exact) mass is 318 g/mol. The normalized spacial score (nSPS) is 10.4. The van der Waals surface area contributed by atoms with Crippen molar-refractivity contribution < 1.29 is 4.79 Å². The third-order valence-electron chi connectivity index (χ3n) is 1.56. The summed E-state index contributed by atoms with van der Waals surface area (Å²) in [6.45, 7) is 0. The fraction of sp³-hybridized carbons (Fsp3) is 0. The van der Waals surface area contributed by atoms with Crippen LogP contribution in [0.3, 0.4) is 0 Å². The fourth-order valence-electron chi connectivity index (χ4n) is 0.960. The quantitative estimate of drug-likeness (QED) is 0.830. The zero-order chi connectivity index (χ0) is 10.1. The summed E-state index contributed by atoms with van der Waals surface area (Å²) < 4.78 is 1.05. The van der Waals surface area contributed by atoms with Crippen LogP contribution < -0.4 is 0 Å². The van der Waals surface area contributed by atoms with Gasteiger partial charge >= 0.3 is 0 Å². The molecule has 14 heavy (non-hydrogen) atoms. The van der Waals surface area contributed by atoms with Gasteiger partial charge in [-0.2, -0.15) is 0 Å². The van der Waals surface area contributed by atoms with Crippen molar-refractivity contribution in [2.75, 3.05) is 0 Å². The Hall–Kier alpha value is -0.950. The summed E-state index contributed by atoms with van der Waals surface area (Å²) >= 11 is 6.24. The second-order valence-electron chi connectivity index (χ2n) is 2.48. The molecule has 0 radical (unpaired) electrons. The molecule has 0 aliphatic rings. The number of imidazole rings is 2. The van der Waals surface area contributed by atoms with E-state index in [4.69, 9.17) is 0 Å². The van der Waals surface area contributed by atoms with Gasteiger partial charge in [-0.1, -0.05) is 0 Å². The second-order valence-corrected chi connectivity index (χ2v) is 3.98. The van der Waals surface area contributed by atoms with E-state index in [1.54, 1.807) is 0 Å². The van der Waals surface area contributed by atoms with Gasteiger partial charge in [0.05, 0.1) is 0 Å². The van der Waals surface area contributed by atoms with Crippen LogP contribution >= 0.6 is 31.9 Å². The predicted molar refractivity (Wildman–Crippen MR) is 56.0 cm³/mol. The van der Waals surface area contributed by atoms with Crippen LogP contribution in [0.15, 0.2) is 21.9 Å². The van der Waals surface area contributed by atoms with Gasteiger partial charge in [0.25, 0.3) is 0 Å². The van der Waals surface area contributed by atoms with Crippen LogP contribution in [-0.4, -0.2) is 25.7 Å². The molecule has 0 atom stereocenters. The van der Waals surface area contributed by atoms with Crippen LogP contribution in [0.1, 0.15) is 16.2 Å². The summed E-state index contributed by atoms with van der Waals surface area (Å²) in [4.78, 5) is 25.1. The lowest BCUT2D eigenvalue weighted by molar-refractivity contribution is 0.103. The van der Waals surface area contributed by atoms with E-state index in [0.717, 1.165) is 0 Å². The summed E-state index contributed by atoms with van der Waals surface area (Å²) in [6, 6.07) is 0. The SMILES string of the molecule is O=C(c1c[nH]c(Br)n1)c1c[nH]c(Br)n1. The average Bonchev–Trinajstić information content (AvgIpc) is 2.73. The minimum atomic E-state index is -0.228. The largest absolute Gasteiger partial charge is 0.338 e. The zero-order valence-electron chi connectivity index (χ0n) is 6.71. The number of nitrogens with zero attached hydrogens (tertiary/aromatic N) is 2. The Balaban J connectivity index is 2.33. The molecule has 2 aromatic rings. The number of nitrogens with one attached hydrogen (secondary N) is 2. The van der Waals surface area contributed by atoms with Crippen molar-refractivity contribution in [1.82, 2.24) is 19.9 Å². The highest BCUT2D eigenvalue weighted by molar-refractivity contribution is 9.10. The third kappa shape index (κ3) is 1.78. The summed E-state index contributed by atoms with van der Waals surface area (Å²) in [5, 5.41) is 0. The Kier molecular flexibility index (Phi) is 2.51. The molecule has 0 spiro atoms. The summed E-state index contributed by atoms with van der Waals surface area (Å²) in [6.07, 6.45) is 3.05. The number of hydrogen-bond donors (Lipinski definition) is 2. The maximum atomic E-state index is 11.7. The Bertz CT molecular complexity index is 433. The van der Waals surface area contributed by atoms with Gasteiger partial charge in [0.1, 0.15) is 11.4 Å². The number of carbonyl (C=O) groups excluding carboxylic acids is 1. The molecule has 7 heteroatoms. The lowest BCUT2D eigenvalue weighted by Gasteiger charge is -1.88. The number of rotatable bonds is 2. The number of H-pyrrole nitrogens is 2. The molecular weight excluding hydrogens is 316 g/mol. The standard InChI is InChI=1S/C7H4Br2N4O/c8-6-10-1-3(12-6)5(14)4-2-11-7(9)13-4/h1-2H,(H,10,12)(H,11,13). The average molecular weight is 320 g/mol. The molecule has 0 aliphatic heterocycles. The first-order chi connectivity index (χ1) is 6.66. The lowest BCUT2D eigenvalue weighted by atomic mass is 10.2. The van der Waals surface area contributed by atoms with Gasteiger partial charge in [0, 0.05) is 12.4 Å². The Morgan fingerprint density at radius 2 is 1.50 bits per heavy atom. The maximum Gasteiger partial charge on any atom is 0.232 e. The first-order valence-corrected chi connectivity index (χ1v) is 5.22. The van der Waals surface area contributed by atoms with Crippen molar-refractivity contribution in [3.05, 3.63) is 33.2 Å². The second kappa shape index (κ2) is 3.66. The highest BCUT2D eigenvalue weighted by Crippen LogP contribution is 2.10. The Labute approximate surface area is 95.6 Å². The third-order valence-corrected chi connectivity index (χ3v) is 2.37. The molecular formula is C7H4Br2N4O. The molecule has 0 amide bonds. The Morgan fingerprint density at radius 1 is 1.07 bits per heavy atom. The van der Waals surface area contributed by atoms with Gasteiger partial charge in [-0.3, -0.25) is 4.79 Å². The predicted octanol–water partition coefficient (Wildman–Crippen LogP) is 1.89. The van der Waals surface area contributed by atoms with Crippen LogP contribution in [0.5, 0.6) is 0 Å². The van der Waals surface area contributed by atoms with Crippen molar-refractivity contribution in [1.29, 1.82) is 0 Å². The topological polar surface area (TPSA) is 74.4 Å². The molecule has 2 aromatic heterocycles. The van der Waals surface area contributed by atoms with Crippen molar-refractivity contribution in [2.24, 2.45) is 0 Å². The molecule has 0 saturated heterocycles. The maximum absolute atomic E-state index is 11.7. The zero-order valence-corrected chi connectivity index (χ0v) is 9.89. The van der Waals surface area contributed by atoms with Crippen LogP contribution in [0.2, 0.25) is 0 Å². The van der Waals surface area contributed by atoms with E-state index in [2.05, 4.69) is 51.8 Å². The van der Waals surface area contributed by atoms with Gasteiger partial charge in [0.2, 0.25) is 5.78 Å². The van der Waals surface area contributed by atoms with E-state index in [1.807, 2.05) is 0 Å². The van der Waals surface area contributed by atoms with Crippen LogP contribution in [0, 0.1) is 0 Å². The summed E-state index contributed by atoms with van der Waals surface area (Å²) in [5.74, 6) is -0.228. The molecule has 0 aliphatic carbocycles. The van der Waals surface area contributed by atoms with E-state index in [0.29, 0.717) is 20.9 Å². The molecule has 0 unspecified atom stereocenters. The molecule has 0 fully saturated rings. The molecule has 2 heterocycles. The van der Waals surface area contributed by atoms with Crippen LogP contribution in [-0.2, 0) is 0 Å². The van der Waals surface area contributed by atoms with Gasteiger partial charge in [-0.25, -0.2) is 9.97 Å². The first kappa shape index (κ1) is 9.60. The number of aromatic nitrogens is 4. The van der Waals surface area contributed by atoms with E-state index in [1.165, 1.54) is 12.4 Å².